The molecule has 0 amide bonds. The molecule has 0 aliphatic heterocycles. The van der Waals surface area contributed by atoms with Crippen molar-refractivity contribution in [3.8, 4) is 5.75 Å². The van der Waals surface area contributed by atoms with Crippen LogP contribution in [0.2, 0.25) is 0 Å². The molecular weight excluding hydrogens is 325 g/mol. The van der Waals surface area contributed by atoms with Crippen LogP contribution in [-0.2, 0) is 14.8 Å². The number of halogens is 1. The lowest BCUT2D eigenvalue weighted by Crippen LogP contribution is -2.18. The number of rotatable bonds is 5. The molecule has 0 aliphatic rings. The summed E-state index contributed by atoms with van der Waals surface area (Å²) in [6.07, 6.45) is 0. The van der Waals surface area contributed by atoms with Crippen LogP contribution in [0, 0.1) is 5.82 Å². The summed E-state index contributed by atoms with van der Waals surface area (Å²) in [5, 5.41) is 0. The second kappa shape index (κ2) is 6.66. The number of hydrogen-bond acceptors (Lipinski definition) is 5. The zero-order valence-electron chi connectivity index (χ0n) is 12.4. The molecular formula is C15H14FNO5S. The molecule has 0 bridgehead atoms. The summed E-state index contributed by atoms with van der Waals surface area (Å²) in [4.78, 5) is 11.2. The Morgan fingerprint density at radius 3 is 2.30 bits per heavy atom. The van der Waals surface area contributed by atoms with Crippen LogP contribution in [0.5, 0.6) is 5.75 Å². The molecule has 23 heavy (non-hydrogen) atoms. The summed E-state index contributed by atoms with van der Waals surface area (Å²) >= 11 is 0. The van der Waals surface area contributed by atoms with Crippen molar-refractivity contribution in [2.24, 2.45) is 0 Å². The van der Waals surface area contributed by atoms with Gasteiger partial charge in [0.05, 0.1) is 19.8 Å². The molecule has 0 saturated heterocycles. The molecule has 0 fully saturated rings. The average molecular weight is 339 g/mol. The summed E-state index contributed by atoms with van der Waals surface area (Å²) in [5.41, 5.74) is -0.0132. The van der Waals surface area contributed by atoms with E-state index in [9.17, 15) is 17.6 Å². The minimum Gasteiger partial charge on any atom is -0.497 e. The molecule has 0 unspecified atom stereocenters. The van der Waals surface area contributed by atoms with E-state index in [0.29, 0.717) is 5.75 Å². The topological polar surface area (TPSA) is 81.7 Å². The predicted octanol–water partition coefficient (Wildman–Crippen LogP) is 2.42. The minimum atomic E-state index is -4.17. The van der Waals surface area contributed by atoms with Gasteiger partial charge in [-0.05, 0) is 42.5 Å². The molecule has 122 valence electrons. The lowest BCUT2D eigenvalue weighted by Gasteiger charge is -2.12. The van der Waals surface area contributed by atoms with Gasteiger partial charge in [0, 0.05) is 5.69 Å². The molecule has 0 heterocycles. The van der Waals surface area contributed by atoms with Gasteiger partial charge in [-0.1, -0.05) is 0 Å². The van der Waals surface area contributed by atoms with Crippen LogP contribution in [0.3, 0.4) is 0 Å². The maximum Gasteiger partial charge on any atom is 0.339 e. The summed E-state index contributed by atoms with van der Waals surface area (Å²) in [5.74, 6) is -1.11. The predicted molar refractivity (Wildman–Crippen MR) is 81.5 cm³/mol. The van der Waals surface area contributed by atoms with E-state index in [0.717, 1.165) is 25.3 Å². The van der Waals surface area contributed by atoms with E-state index in [1.807, 2.05) is 0 Å². The van der Waals surface area contributed by atoms with E-state index < -0.39 is 26.7 Å². The number of benzene rings is 2. The highest BCUT2D eigenvalue weighted by molar-refractivity contribution is 7.92. The number of carbonyl (C=O) groups is 1. The second-order valence-corrected chi connectivity index (χ2v) is 6.12. The third-order valence-corrected chi connectivity index (χ3v) is 4.40. The third kappa shape index (κ3) is 3.78. The van der Waals surface area contributed by atoms with Crippen LogP contribution < -0.4 is 9.46 Å². The lowest BCUT2D eigenvalue weighted by molar-refractivity contribution is 0.0596. The van der Waals surface area contributed by atoms with E-state index >= 15 is 0 Å². The number of ether oxygens (including phenoxy) is 2. The molecule has 0 radical (unpaired) electrons. The van der Waals surface area contributed by atoms with Crippen molar-refractivity contribution in [2.45, 2.75) is 4.90 Å². The first-order valence-corrected chi connectivity index (χ1v) is 7.90. The van der Waals surface area contributed by atoms with Gasteiger partial charge in [0.1, 0.15) is 16.5 Å². The molecule has 2 rings (SSSR count). The highest BCUT2D eigenvalue weighted by Crippen LogP contribution is 2.23. The molecule has 0 spiro atoms. The van der Waals surface area contributed by atoms with Crippen molar-refractivity contribution < 1.29 is 27.1 Å². The molecule has 0 atom stereocenters. The minimum absolute atomic E-state index is 0.242. The van der Waals surface area contributed by atoms with Crippen LogP contribution in [0.25, 0.3) is 0 Å². The normalized spacial score (nSPS) is 10.9. The van der Waals surface area contributed by atoms with Crippen LogP contribution >= 0.6 is 0 Å². The van der Waals surface area contributed by atoms with Gasteiger partial charge in [-0.2, -0.15) is 0 Å². The van der Waals surface area contributed by atoms with E-state index in [4.69, 9.17) is 4.74 Å². The van der Waals surface area contributed by atoms with Crippen molar-refractivity contribution in [1.29, 1.82) is 0 Å². The van der Waals surface area contributed by atoms with E-state index in [1.165, 1.54) is 19.2 Å². The standard InChI is InChI=1S/C15H14FNO5S/c1-21-12-6-4-11(5-7-12)17-23(19,20)14-9-10(16)3-8-13(14)15(18)22-2/h3-9,17H,1-2H3. The third-order valence-electron chi connectivity index (χ3n) is 2.98. The van der Waals surface area contributed by atoms with Crippen molar-refractivity contribution in [3.63, 3.8) is 0 Å². The average Bonchev–Trinajstić information content (AvgIpc) is 2.54. The number of carbonyl (C=O) groups excluding carboxylic acids is 1. The Kier molecular flexibility index (Phi) is 4.85. The lowest BCUT2D eigenvalue weighted by atomic mass is 10.2. The Morgan fingerprint density at radius 1 is 1.09 bits per heavy atom. The van der Waals surface area contributed by atoms with E-state index in [1.54, 1.807) is 12.1 Å². The maximum atomic E-state index is 13.4. The molecule has 0 saturated carbocycles. The molecule has 2 aromatic carbocycles. The molecule has 0 aromatic heterocycles. The molecule has 6 nitrogen and oxygen atoms in total. The van der Waals surface area contributed by atoms with Crippen LogP contribution in [-0.4, -0.2) is 28.6 Å². The van der Waals surface area contributed by atoms with Crippen LogP contribution in [0.15, 0.2) is 47.4 Å². The van der Waals surface area contributed by atoms with Crippen molar-refractivity contribution in [2.75, 3.05) is 18.9 Å². The Hall–Kier alpha value is -2.61. The quantitative estimate of drug-likeness (QED) is 0.846. The van der Waals surface area contributed by atoms with Gasteiger partial charge in [-0.15, -0.1) is 0 Å². The van der Waals surface area contributed by atoms with Crippen molar-refractivity contribution >= 4 is 21.7 Å². The smallest absolute Gasteiger partial charge is 0.339 e. The van der Waals surface area contributed by atoms with Gasteiger partial charge >= 0.3 is 5.97 Å². The SMILES string of the molecule is COC(=O)c1ccc(F)cc1S(=O)(=O)Nc1ccc(OC)cc1. The largest absolute Gasteiger partial charge is 0.497 e. The molecule has 1 N–H and O–H groups in total. The fourth-order valence-corrected chi connectivity index (χ4v) is 3.13. The molecule has 2 aromatic rings. The Labute approximate surface area is 132 Å². The van der Waals surface area contributed by atoms with E-state index in [-0.39, 0.29) is 11.3 Å². The number of nitrogens with one attached hydrogen (secondary N) is 1. The number of methoxy groups -OCH3 is 2. The van der Waals surface area contributed by atoms with Crippen LogP contribution in [0.4, 0.5) is 10.1 Å². The fraction of sp³-hybridized carbons (Fsp3) is 0.133. The zero-order valence-corrected chi connectivity index (χ0v) is 13.2. The second-order valence-electron chi connectivity index (χ2n) is 4.47. The highest BCUT2D eigenvalue weighted by atomic mass is 32.2. The Balaban J connectivity index is 2.42. The number of esters is 1. The number of hydrogen-bond donors (Lipinski definition) is 1. The van der Waals surface area contributed by atoms with Gasteiger partial charge in [0.2, 0.25) is 0 Å². The maximum absolute atomic E-state index is 13.4. The monoisotopic (exact) mass is 339 g/mol. The summed E-state index contributed by atoms with van der Waals surface area (Å²) in [7, 11) is -1.58. The van der Waals surface area contributed by atoms with Gasteiger partial charge in [-0.25, -0.2) is 17.6 Å². The highest BCUT2D eigenvalue weighted by Gasteiger charge is 2.24. The Morgan fingerprint density at radius 2 is 1.74 bits per heavy atom. The van der Waals surface area contributed by atoms with Crippen molar-refractivity contribution in [3.05, 3.63) is 53.8 Å². The first-order valence-electron chi connectivity index (χ1n) is 6.42. The van der Waals surface area contributed by atoms with Gasteiger partial charge in [0.15, 0.2) is 0 Å². The number of sulfonamides is 1. The molecule has 8 heteroatoms. The molecule has 0 aliphatic carbocycles. The summed E-state index contributed by atoms with van der Waals surface area (Å²) in [6.45, 7) is 0. The zero-order chi connectivity index (χ0) is 17.0. The first-order chi connectivity index (χ1) is 10.9. The van der Waals surface area contributed by atoms with Crippen molar-refractivity contribution in [1.82, 2.24) is 0 Å². The van der Waals surface area contributed by atoms with Crippen LogP contribution in [0.1, 0.15) is 10.4 Å². The summed E-state index contributed by atoms with van der Waals surface area (Å²) in [6, 6.07) is 8.89. The summed E-state index contributed by atoms with van der Waals surface area (Å²) < 4.78 is 50.1. The fourth-order valence-electron chi connectivity index (χ4n) is 1.87. The van der Waals surface area contributed by atoms with Gasteiger partial charge in [0.25, 0.3) is 10.0 Å². The first kappa shape index (κ1) is 16.8. The Bertz CT molecular complexity index is 818. The van der Waals surface area contributed by atoms with Gasteiger partial charge in [-0.3, -0.25) is 4.72 Å². The number of anilines is 1. The van der Waals surface area contributed by atoms with Gasteiger partial charge < -0.3 is 9.47 Å². The van der Waals surface area contributed by atoms with E-state index in [2.05, 4.69) is 9.46 Å².